The number of fused-ring (bicyclic) bond motifs is 1. The van der Waals surface area contributed by atoms with Crippen molar-refractivity contribution in [1.82, 2.24) is 8.96 Å². The Bertz CT molecular complexity index is 964. The third kappa shape index (κ3) is 2.38. The quantitative estimate of drug-likeness (QED) is 0.602. The van der Waals surface area contributed by atoms with E-state index in [1.807, 2.05) is 6.07 Å². The highest BCUT2D eigenvalue weighted by Gasteiger charge is 2.26. The van der Waals surface area contributed by atoms with E-state index in [1.165, 1.54) is 11.1 Å². The number of hydrogen-bond acceptors (Lipinski definition) is 4. The van der Waals surface area contributed by atoms with Gasteiger partial charge in [-0.1, -0.05) is 12.1 Å². The van der Waals surface area contributed by atoms with E-state index in [-0.39, 0.29) is 4.90 Å². The summed E-state index contributed by atoms with van der Waals surface area (Å²) in [6.45, 7) is 1.68. The predicted molar refractivity (Wildman–Crippen MR) is 92.8 cm³/mol. The zero-order chi connectivity index (χ0) is 15.9. The molecule has 0 spiro atoms. The Morgan fingerprint density at radius 2 is 1.91 bits per heavy atom. The lowest BCUT2D eigenvalue weighted by atomic mass is 10.3. The lowest BCUT2D eigenvalue weighted by Crippen LogP contribution is -2.15. The first-order valence-electron chi connectivity index (χ1n) is 6.48. The molecule has 0 saturated heterocycles. The summed E-state index contributed by atoms with van der Waals surface area (Å²) in [4.78, 5) is 4.46. The normalized spacial score (nSPS) is 11.8. The van der Waals surface area contributed by atoms with Crippen molar-refractivity contribution in [2.75, 3.05) is 7.11 Å². The molecule has 1 heterocycles. The van der Waals surface area contributed by atoms with E-state index < -0.39 is 10.0 Å². The molecule has 0 saturated carbocycles. The summed E-state index contributed by atoms with van der Waals surface area (Å²) in [7, 11) is -2.34. The highest BCUT2D eigenvalue weighted by molar-refractivity contribution is 14.1. The topological polar surface area (TPSA) is 61.2 Å². The molecule has 0 N–H and O–H groups in total. The molecule has 0 aliphatic carbocycles. The molecule has 7 heteroatoms. The number of imidazole rings is 1. The van der Waals surface area contributed by atoms with Gasteiger partial charge in [0, 0.05) is 3.57 Å². The standard InChI is InChI=1S/C15H13IN2O3S/c1-10-17-12-5-3-4-6-13(12)18(10)22(19,20)15-9-11(16)7-8-14(15)21-2/h3-9H,1-2H3. The number of hydrogen-bond donors (Lipinski definition) is 0. The highest BCUT2D eigenvalue weighted by Crippen LogP contribution is 2.30. The van der Waals surface area contributed by atoms with Crippen LogP contribution in [0.2, 0.25) is 0 Å². The number of aromatic nitrogens is 2. The van der Waals surface area contributed by atoms with Gasteiger partial charge in [0.1, 0.15) is 16.5 Å². The van der Waals surface area contributed by atoms with Gasteiger partial charge >= 0.3 is 0 Å². The molecule has 3 rings (SSSR count). The Labute approximate surface area is 142 Å². The minimum atomic E-state index is -3.79. The van der Waals surface area contributed by atoms with Gasteiger partial charge in [0.25, 0.3) is 10.0 Å². The van der Waals surface area contributed by atoms with Crippen LogP contribution in [-0.2, 0) is 10.0 Å². The van der Waals surface area contributed by atoms with Crippen molar-refractivity contribution in [2.45, 2.75) is 11.8 Å². The van der Waals surface area contributed by atoms with Gasteiger partial charge < -0.3 is 4.74 Å². The Balaban J connectivity index is 2.34. The minimum Gasteiger partial charge on any atom is -0.495 e. The van der Waals surface area contributed by atoms with Crippen LogP contribution in [0.5, 0.6) is 5.75 Å². The lowest BCUT2D eigenvalue weighted by Gasteiger charge is -2.12. The molecule has 0 amide bonds. The molecular weight excluding hydrogens is 415 g/mol. The maximum Gasteiger partial charge on any atom is 0.273 e. The fourth-order valence-corrected chi connectivity index (χ4v) is 4.76. The largest absolute Gasteiger partial charge is 0.495 e. The van der Waals surface area contributed by atoms with Crippen LogP contribution in [0.15, 0.2) is 47.4 Å². The summed E-state index contributed by atoms with van der Waals surface area (Å²) in [5.41, 5.74) is 1.20. The second kappa shape index (κ2) is 5.54. The van der Waals surface area contributed by atoms with Crippen LogP contribution in [0, 0.1) is 10.5 Å². The molecule has 1 aromatic heterocycles. The molecular formula is C15H13IN2O3S. The summed E-state index contributed by atoms with van der Waals surface area (Å²) < 4.78 is 33.5. The van der Waals surface area contributed by atoms with E-state index in [1.54, 1.807) is 43.3 Å². The molecule has 0 unspecified atom stereocenters. The first-order chi connectivity index (χ1) is 10.4. The van der Waals surface area contributed by atoms with E-state index >= 15 is 0 Å². The van der Waals surface area contributed by atoms with Crippen molar-refractivity contribution >= 4 is 43.6 Å². The van der Waals surface area contributed by atoms with E-state index in [2.05, 4.69) is 27.6 Å². The predicted octanol–water partition coefficient (Wildman–Crippen LogP) is 3.19. The fourth-order valence-electron chi connectivity index (χ4n) is 2.38. The van der Waals surface area contributed by atoms with Crippen molar-refractivity contribution in [3.05, 3.63) is 51.9 Å². The molecule has 22 heavy (non-hydrogen) atoms. The number of halogens is 1. The third-order valence-electron chi connectivity index (χ3n) is 3.32. The summed E-state index contributed by atoms with van der Waals surface area (Å²) in [6, 6.07) is 12.2. The van der Waals surface area contributed by atoms with E-state index in [0.29, 0.717) is 22.6 Å². The van der Waals surface area contributed by atoms with Gasteiger partial charge in [-0.2, -0.15) is 0 Å². The van der Waals surface area contributed by atoms with Crippen molar-refractivity contribution < 1.29 is 13.2 Å². The molecule has 0 atom stereocenters. The SMILES string of the molecule is COc1ccc(I)cc1S(=O)(=O)n1c(C)nc2ccccc21. The highest BCUT2D eigenvalue weighted by atomic mass is 127. The van der Waals surface area contributed by atoms with E-state index in [0.717, 1.165) is 3.57 Å². The molecule has 0 aliphatic heterocycles. The number of ether oxygens (including phenoxy) is 1. The van der Waals surface area contributed by atoms with Crippen molar-refractivity contribution in [2.24, 2.45) is 0 Å². The van der Waals surface area contributed by atoms with E-state index in [4.69, 9.17) is 4.74 Å². The van der Waals surface area contributed by atoms with Crippen molar-refractivity contribution in [3.8, 4) is 5.75 Å². The maximum absolute atomic E-state index is 13.1. The summed E-state index contributed by atoms with van der Waals surface area (Å²) in [5, 5.41) is 0. The van der Waals surface area contributed by atoms with Gasteiger partial charge in [-0.3, -0.25) is 0 Å². The smallest absolute Gasteiger partial charge is 0.273 e. The van der Waals surface area contributed by atoms with Gasteiger partial charge in [0.15, 0.2) is 0 Å². The summed E-state index contributed by atoms with van der Waals surface area (Å²) >= 11 is 2.08. The van der Waals surface area contributed by atoms with Crippen LogP contribution in [0.4, 0.5) is 0 Å². The van der Waals surface area contributed by atoms with Crippen LogP contribution >= 0.6 is 22.6 Å². The third-order valence-corrected chi connectivity index (χ3v) is 5.81. The molecule has 0 radical (unpaired) electrons. The van der Waals surface area contributed by atoms with Crippen LogP contribution in [0.3, 0.4) is 0 Å². The number of benzene rings is 2. The average Bonchev–Trinajstić information content (AvgIpc) is 2.83. The van der Waals surface area contributed by atoms with Crippen LogP contribution in [-0.4, -0.2) is 24.5 Å². The molecule has 0 fully saturated rings. The fraction of sp³-hybridized carbons (Fsp3) is 0.133. The zero-order valence-electron chi connectivity index (χ0n) is 11.9. The molecule has 2 aromatic carbocycles. The Morgan fingerprint density at radius 1 is 1.18 bits per heavy atom. The number of nitrogens with zero attached hydrogens (tertiary/aromatic N) is 2. The van der Waals surface area contributed by atoms with Crippen molar-refractivity contribution in [3.63, 3.8) is 0 Å². The molecule has 3 aromatic rings. The van der Waals surface area contributed by atoms with Crippen LogP contribution in [0.25, 0.3) is 11.0 Å². The van der Waals surface area contributed by atoms with Gasteiger partial charge in [-0.25, -0.2) is 17.4 Å². The van der Waals surface area contributed by atoms with Gasteiger partial charge in [0.05, 0.1) is 18.1 Å². The second-order valence-corrected chi connectivity index (χ2v) is 7.71. The van der Waals surface area contributed by atoms with Gasteiger partial charge in [-0.15, -0.1) is 0 Å². The molecule has 5 nitrogen and oxygen atoms in total. The Hall–Kier alpha value is -1.61. The number of rotatable bonds is 3. The van der Waals surface area contributed by atoms with E-state index in [9.17, 15) is 8.42 Å². The molecule has 0 aliphatic rings. The van der Waals surface area contributed by atoms with Crippen LogP contribution in [0.1, 0.15) is 5.82 Å². The maximum atomic E-state index is 13.1. The number of methoxy groups -OCH3 is 1. The first kappa shape index (κ1) is 15.3. The Kier molecular flexibility index (Phi) is 3.85. The Morgan fingerprint density at radius 3 is 2.64 bits per heavy atom. The summed E-state index contributed by atoms with van der Waals surface area (Å²) in [6.07, 6.45) is 0. The number of para-hydroxylation sites is 2. The molecule has 114 valence electrons. The average molecular weight is 428 g/mol. The first-order valence-corrected chi connectivity index (χ1v) is 9.00. The minimum absolute atomic E-state index is 0.133. The number of aryl methyl sites for hydroxylation is 1. The monoisotopic (exact) mass is 428 g/mol. The van der Waals surface area contributed by atoms with Crippen LogP contribution < -0.4 is 4.74 Å². The van der Waals surface area contributed by atoms with Gasteiger partial charge in [-0.05, 0) is 59.8 Å². The van der Waals surface area contributed by atoms with Crippen molar-refractivity contribution in [1.29, 1.82) is 0 Å². The second-order valence-electron chi connectivity index (χ2n) is 4.71. The van der Waals surface area contributed by atoms with Gasteiger partial charge in [0.2, 0.25) is 0 Å². The zero-order valence-corrected chi connectivity index (χ0v) is 14.9. The molecule has 0 bridgehead atoms. The summed E-state index contributed by atoms with van der Waals surface area (Å²) in [5.74, 6) is 0.736. The lowest BCUT2D eigenvalue weighted by molar-refractivity contribution is 0.402.